The van der Waals surface area contributed by atoms with Gasteiger partial charge in [-0.2, -0.15) is 8.75 Å². The summed E-state index contributed by atoms with van der Waals surface area (Å²) in [5, 5.41) is 2.66. The van der Waals surface area contributed by atoms with E-state index < -0.39 is 18.5 Å². The van der Waals surface area contributed by atoms with Crippen LogP contribution in [0.1, 0.15) is 10.4 Å². The normalized spacial score (nSPS) is 10.4. The van der Waals surface area contributed by atoms with Crippen molar-refractivity contribution in [3.63, 3.8) is 0 Å². The summed E-state index contributed by atoms with van der Waals surface area (Å²) in [6.07, 6.45) is 0. The zero-order valence-electron chi connectivity index (χ0n) is 14.0. The maximum atomic E-state index is 12.3. The first-order chi connectivity index (χ1) is 12.6. The lowest BCUT2D eigenvalue weighted by atomic mass is 10.2. The molecule has 0 radical (unpaired) electrons. The largest absolute Gasteiger partial charge is 0.497 e. The number of nitrogens with zero attached hydrogens (tertiary/aromatic N) is 2. The highest BCUT2D eigenvalue weighted by Crippen LogP contribution is 2.25. The fourth-order valence-electron chi connectivity index (χ4n) is 2.28. The van der Waals surface area contributed by atoms with Gasteiger partial charge in [0.15, 0.2) is 6.61 Å². The third kappa shape index (κ3) is 3.72. The molecule has 0 aliphatic carbocycles. The molecule has 0 saturated carbocycles. The molecule has 1 N–H and O–H groups in total. The highest BCUT2D eigenvalue weighted by Gasteiger charge is 2.17. The highest BCUT2D eigenvalue weighted by atomic mass is 32.1. The number of hydrogen-bond acceptors (Lipinski definition) is 8. The first-order valence-corrected chi connectivity index (χ1v) is 8.25. The average Bonchev–Trinajstić information content (AvgIpc) is 3.15. The number of hydrogen-bond donors (Lipinski definition) is 1. The van der Waals surface area contributed by atoms with Gasteiger partial charge in [0, 0.05) is 0 Å². The van der Waals surface area contributed by atoms with Gasteiger partial charge in [-0.1, -0.05) is 6.07 Å². The number of aromatic nitrogens is 2. The van der Waals surface area contributed by atoms with E-state index in [1.165, 1.54) is 20.3 Å². The number of esters is 1. The third-order valence-electron chi connectivity index (χ3n) is 3.52. The molecule has 134 valence electrons. The monoisotopic (exact) mass is 373 g/mol. The van der Waals surface area contributed by atoms with Gasteiger partial charge >= 0.3 is 5.97 Å². The summed E-state index contributed by atoms with van der Waals surface area (Å²) in [4.78, 5) is 24.4. The van der Waals surface area contributed by atoms with Crippen LogP contribution in [0, 0.1) is 0 Å². The van der Waals surface area contributed by atoms with Crippen molar-refractivity contribution in [2.24, 2.45) is 0 Å². The lowest BCUT2D eigenvalue weighted by molar-refractivity contribution is -0.119. The Labute approximate surface area is 153 Å². The maximum Gasteiger partial charge on any atom is 0.342 e. The van der Waals surface area contributed by atoms with Gasteiger partial charge in [-0.05, 0) is 30.3 Å². The van der Waals surface area contributed by atoms with Crippen molar-refractivity contribution in [2.45, 2.75) is 0 Å². The second kappa shape index (κ2) is 7.79. The summed E-state index contributed by atoms with van der Waals surface area (Å²) in [6.45, 7) is -0.451. The minimum Gasteiger partial charge on any atom is -0.497 e. The van der Waals surface area contributed by atoms with E-state index >= 15 is 0 Å². The van der Waals surface area contributed by atoms with Crippen LogP contribution in [0.5, 0.6) is 11.5 Å². The van der Waals surface area contributed by atoms with Crippen molar-refractivity contribution in [1.82, 2.24) is 8.75 Å². The lowest BCUT2D eigenvalue weighted by Gasteiger charge is -2.10. The molecule has 1 amide bonds. The number of ether oxygens (including phenoxy) is 3. The van der Waals surface area contributed by atoms with Crippen molar-refractivity contribution in [2.75, 3.05) is 26.1 Å². The number of anilines is 1. The van der Waals surface area contributed by atoms with Gasteiger partial charge in [0.05, 0.1) is 31.6 Å². The smallest absolute Gasteiger partial charge is 0.342 e. The Balaban J connectivity index is 1.66. The molecule has 8 nitrogen and oxygen atoms in total. The number of nitrogens with one attached hydrogen (secondary N) is 1. The maximum absolute atomic E-state index is 12.3. The molecule has 1 aromatic heterocycles. The van der Waals surface area contributed by atoms with Gasteiger partial charge < -0.3 is 19.5 Å². The number of rotatable bonds is 6. The Morgan fingerprint density at radius 3 is 2.73 bits per heavy atom. The van der Waals surface area contributed by atoms with Crippen molar-refractivity contribution >= 4 is 40.3 Å². The molecule has 0 aliphatic rings. The van der Waals surface area contributed by atoms with Gasteiger partial charge in [-0.15, -0.1) is 0 Å². The van der Waals surface area contributed by atoms with E-state index in [1.807, 2.05) is 0 Å². The molecule has 3 rings (SSSR count). The predicted octanol–water partition coefficient (Wildman–Crippen LogP) is 2.50. The highest BCUT2D eigenvalue weighted by molar-refractivity contribution is 7.00. The molecular weight excluding hydrogens is 358 g/mol. The Morgan fingerprint density at radius 2 is 1.96 bits per heavy atom. The topological polar surface area (TPSA) is 99.6 Å². The molecule has 9 heteroatoms. The van der Waals surface area contributed by atoms with Crippen LogP contribution in [-0.4, -0.2) is 41.5 Å². The van der Waals surface area contributed by atoms with Crippen LogP contribution in [0.15, 0.2) is 36.4 Å². The van der Waals surface area contributed by atoms with Crippen LogP contribution >= 0.6 is 11.7 Å². The van der Waals surface area contributed by atoms with E-state index in [9.17, 15) is 9.59 Å². The first-order valence-electron chi connectivity index (χ1n) is 7.52. The lowest BCUT2D eigenvalue weighted by Crippen LogP contribution is -2.21. The number of methoxy groups -OCH3 is 2. The molecule has 0 fully saturated rings. The van der Waals surface area contributed by atoms with Crippen molar-refractivity contribution in [3.8, 4) is 11.5 Å². The third-order valence-corrected chi connectivity index (χ3v) is 4.06. The standard InChI is InChI=1S/C17H15N3O5S/c1-23-10-6-7-14(24-2)11(8-10)17(22)25-9-15(21)18-12-4-3-5-13-16(12)20-26-19-13/h3-8H,9H2,1-2H3,(H,18,21). The number of carbonyl (C=O) groups excluding carboxylic acids is 2. The summed E-state index contributed by atoms with van der Waals surface area (Å²) in [7, 11) is 2.92. The van der Waals surface area contributed by atoms with Crippen molar-refractivity contribution in [3.05, 3.63) is 42.0 Å². The van der Waals surface area contributed by atoms with E-state index in [4.69, 9.17) is 14.2 Å². The quantitative estimate of drug-likeness (QED) is 0.663. The molecule has 3 aromatic rings. The van der Waals surface area contributed by atoms with E-state index in [0.717, 1.165) is 11.7 Å². The molecule has 26 heavy (non-hydrogen) atoms. The Hall–Kier alpha value is -3.20. The fraction of sp³-hybridized carbons (Fsp3) is 0.176. The molecule has 0 aliphatic heterocycles. The molecule has 0 bridgehead atoms. The minimum atomic E-state index is -0.690. The van der Waals surface area contributed by atoms with Gasteiger partial charge in [-0.3, -0.25) is 4.79 Å². The Bertz CT molecular complexity index is 956. The van der Waals surface area contributed by atoms with Crippen LogP contribution in [-0.2, 0) is 9.53 Å². The summed E-state index contributed by atoms with van der Waals surface area (Å²) in [5.41, 5.74) is 1.96. The van der Waals surface area contributed by atoms with E-state index in [1.54, 1.807) is 30.3 Å². The Kier molecular flexibility index (Phi) is 5.28. The molecule has 2 aromatic carbocycles. The number of fused-ring (bicyclic) bond motifs is 1. The molecule has 0 atom stereocenters. The molecular formula is C17H15N3O5S. The summed E-state index contributed by atoms with van der Waals surface area (Å²) in [6, 6.07) is 9.99. The fourth-order valence-corrected chi connectivity index (χ4v) is 2.83. The first kappa shape index (κ1) is 17.6. The number of carbonyl (C=O) groups is 2. The van der Waals surface area contributed by atoms with E-state index in [0.29, 0.717) is 28.2 Å². The minimum absolute atomic E-state index is 0.172. The predicted molar refractivity (Wildman–Crippen MR) is 95.9 cm³/mol. The van der Waals surface area contributed by atoms with Crippen molar-refractivity contribution < 1.29 is 23.8 Å². The van der Waals surface area contributed by atoms with Gasteiger partial charge in [-0.25, -0.2) is 4.79 Å². The van der Waals surface area contributed by atoms with Crippen LogP contribution in [0.2, 0.25) is 0 Å². The van der Waals surface area contributed by atoms with Crippen molar-refractivity contribution in [1.29, 1.82) is 0 Å². The summed E-state index contributed by atoms with van der Waals surface area (Å²) < 4.78 is 23.5. The van der Waals surface area contributed by atoms with Crippen LogP contribution in [0.3, 0.4) is 0 Å². The average molecular weight is 373 g/mol. The molecule has 0 saturated heterocycles. The summed E-state index contributed by atoms with van der Waals surface area (Å²) in [5.74, 6) is -0.371. The SMILES string of the molecule is COc1ccc(OC)c(C(=O)OCC(=O)Nc2cccc3nsnc23)c1. The van der Waals surface area contributed by atoms with Gasteiger partial charge in [0.25, 0.3) is 5.91 Å². The second-order valence-electron chi connectivity index (χ2n) is 5.13. The molecule has 0 unspecified atom stereocenters. The molecule has 0 spiro atoms. The van der Waals surface area contributed by atoms with Gasteiger partial charge in [0.2, 0.25) is 0 Å². The number of amides is 1. The van der Waals surface area contributed by atoms with Crippen LogP contribution < -0.4 is 14.8 Å². The summed E-state index contributed by atoms with van der Waals surface area (Å²) >= 11 is 1.05. The zero-order valence-corrected chi connectivity index (χ0v) is 14.8. The van der Waals surface area contributed by atoms with Crippen LogP contribution in [0.25, 0.3) is 11.0 Å². The van der Waals surface area contributed by atoms with E-state index in [-0.39, 0.29) is 5.56 Å². The number of benzene rings is 2. The van der Waals surface area contributed by atoms with Crippen LogP contribution in [0.4, 0.5) is 5.69 Å². The zero-order chi connectivity index (χ0) is 18.5. The molecule has 1 heterocycles. The van der Waals surface area contributed by atoms with E-state index in [2.05, 4.69) is 14.1 Å². The van der Waals surface area contributed by atoms with Gasteiger partial charge in [0.1, 0.15) is 28.1 Å². The Morgan fingerprint density at radius 1 is 1.12 bits per heavy atom. The second-order valence-corrected chi connectivity index (χ2v) is 5.66.